The zero-order valence-corrected chi connectivity index (χ0v) is 16.7. The zero-order chi connectivity index (χ0) is 17.1. The first kappa shape index (κ1) is 21.9. The summed E-state index contributed by atoms with van der Waals surface area (Å²) in [6, 6.07) is 1.85. The molecule has 0 spiro atoms. The van der Waals surface area contributed by atoms with Gasteiger partial charge in [0.1, 0.15) is 0 Å². The molecule has 22 heavy (non-hydrogen) atoms. The van der Waals surface area contributed by atoms with Gasteiger partial charge in [-0.2, -0.15) is 0 Å². The van der Waals surface area contributed by atoms with E-state index < -0.39 is 0 Å². The predicted octanol–water partition coefficient (Wildman–Crippen LogP) is 3.84. The molecule has 0 aliphatic rings. The molecular weight excluding hydrogens is 270 g/mol. The maximum atomic E-state index is 3.53. The van der Waals surface area contributed by atoms with Gasteiger partial charge < -0.3 is 5.32 Å². The summed E-state index contributed by atoms with van der Waals surface area (Å²) in [5, 5.41) is 3.53. The molecule has 0 aromatic rings. The summed E-state index contributed by atoms with van der Waals surface area (Å²) in [6.07, 6.45) is 2.67. The highest BCUT2D eigenvalue weighted by Gasteiger charge is 2.14. The maximum absolute atomic E-state index is 3.53. The molecule has 0 saturated carbocycles. The normalized spacial score (nSPS) is 12.8. The van der Waals surface area contributed by atoms with Crippen LogP contribution in [0.25, 0.3) is 0 Å². The summed E-state index contributed by atoms with van der Waals surface area (Å²) >= 11 is 0. The highest BCUT2D eigenvalue weighted by molar-refractivity contribution is 4.70. The van der Waals surface area contributed by atoms with Gasteiger partial charge in [0.25, 0.3) is 0 Å². The molecule has 0 saturated heterocycles. The Balaban J connectivity index is 4.20. The van der Waals surface area contributed by atoms with Gasteiger partial charge in [0.2, 0.25) is 0 Å². The molecule has 0 amide bonds. The van der Waals surface area contributed by atoms with Crippen molar-refractivity contribution in [1.82, 2.24) is 15.1 Å². The van der Waals surface area contributed by atoms with Crippen molar-refractivity contribution in [1.29, 1.82) is 0 Å². The van der Waals surface area contributed by atoms with E-state index >= 15 is 0 Å². The second-order valence-electron chi connectivity index (χ2n) is 7.90. The Morgan fingerprint density at radius 1 is 0.682 bits per heavy atom. The Labute approximate surface area is 140 Å². The second-order valence-corrected chi connectivity index (χ2v) is 7.90. The molecular formula is C19H43N3. The molecule has 0 atom stereocenters. The summed E-state index contributed by atoms with van der Waals surface area (Å²) in [7, 11) is 0. The smallest absolute Gasteiger partial charge is 0.0113 e. The summed E-state index contributed by atoms with van der Waals surface area (Å²) in [6.45, 7) is 24.2. The third-order valence-electron chi connectivity index (χ3n) is 4.31. The molecule has 0 fully saturated rings. The van der Waals surface area contributed by atoms with E-state index in [-0.39, 0.29) is 0 Å². The van der Waals surface area contributed by atoms with Gasteiger partial charge in [-0.15, -0.1) is 0 Å². The van der Waals surface area contributed by atoms with Gasteiger partial charge in [-0.25, -0.2) is 0 Å². The monoisotopic (exact) mass is 313 g/mol. The Hall–Kier alpha value is -0.120. The lowest BCUT2D eigenvalue weighted by atomic mass is 10.1. The molecule has 0 aromatic carbocycles. The summed E-state index contributed by atoms with van der Waals surface area (Å²) in [5.41, 5.74) is 0. The number of hydrogen-bond donors (Lipinski definition) is 1. The van der Waals surface area contributed by atoms with Crippen molar-refractivity contribution in [3.05, 3.63) is 0 Å². The fraction of sp³-hybridized carbons (Fsp3) is 1.00. The minimum atomic E-state index is 0.581. The topological polar surface area (TPSA) is 18.5 Å². The van der Waals surface area contributed by atoms with Gasteiger partial charge in [0.05, 0.1) is 0 Å². The molecule has 0 aromatic heterocycles. The standard InChI is InChI=1S/C19H43N3/c1-16(2)10-9-12-21(18(5)6)14-15-22(19(7)8)13-11-20-17(3)4/h16-20H,9-15H2,1-8H3. The van der Waals surface area contributed by atoms with Gasteiger partial charge in [0, 0.05) is 44.3 Å². The number of rotatable bonds is 13. The molecule has 0 aliphatic heterocycles. The van der Waals surface area contributed by atoms with Crippen LogP contribution < -0.4 is 5.32 Å². The van der Waals surface area contributed by atoms with E-state index in [1.807, 2.05) is 0 Å². The Bertz CT molecular complexity index is 223. The lowest BCUT2D eigenvalue weighted by molar-refractivity contribution is 0.152. The Morgan fingerprint density at radius 3 is 1.59 bits per heavy atom. The average Bonchev–Trinajstić information content (AvgIpc) is 2.38. The van der Waals surface area contributed by atoms with E-state index in [1.54, 1.807) is 0 Å². The van der Waals surface area contributed by atoms with Crippen LogP contribution in [0.5, 0.6) is 0 Å². The molecule has 0 rings (SSSR count). The molecule has 0 aliphatic carbocycles. The Morgan fingerprint density at radius 2 is 1.18 bits per heavy atom. The largest absolute Gasteiger partial charge is 0.313 e. The first-order valence-corrected chi connectivity index (χ1v) is 9.45. The van der Waals surface area contributed by atoms with Crippen LogP contribution in [-0.4, -0.2) is 60.6 Å². The fourth-order valence-electron chi connectivity index (χ4n) is 2.71. The molecule has 1 N–H and O–H groups in total. The van der Waals surface area contributed by atoms with Crippen LogP contribution >= 0.6 is 0 Å². The SMILES string of the molecule is CC(C)CCCN(CCN(CCNC(C)C)C(C)C)C(C)C. The maximum Gasteiger partial charge on any atom is 0.0113 e. The van der Waals surface area contributed by atoms with Gasteiger partial charge in [-0.05, 0) is 53.0 Å². The van der Waals surface area contributed by atoms with Gasteiger partial charge in [0.15, 0.2) is 0 Å². The van der Waals surface area contributed by atoms with Crippen molar-refractivity contribution in [3.8, 4) is 0 Å². The first-order valence-electron chi connectivity index (χ1n) is 9.45. The summed E-state index contributed by atoms with van der Waals surface area (Å²) < 4.78 is 0. The van der Waals surface area contributed by atoms with E-state index in [9.17, 15) is 0 Å². The van der Waals surface area contributed by atoms with Crippen molar-refractivity contribution in [2.75, 3.05) is 32.7 Å². The van der Waals surface area contributed by atoms with Gasteiger partial charge in [-0.3, -0.25) is 9.80 Å². The molecule has 0 heterocycles. The minimum absolute atomic E-state index is 0.581. The molecule has 3 nitrogen and oxygen atoms in total. The van der Waals surface area contributed by atoms with E-state index in [0.29, 0.717) is 18.1 Å². The molecule has 0 radical (unpaired) electrons. The molecule has 0 bridgehead atoms. The van der Waals surface area contributed by atoms with Crippen molar-refractivity contribution >= 4 is 0 Å². The van der Waals surface area contributed by atoms with Crippen molar-refractivity contribution < 1.29 is 0 Å². The van der Waals surface area contributed by atoms with Gasteiger partial charge in [-0.1, -0.05) is 27.7 Å². The minimum Gasteiger partial charge on any atom is -0.313 e. The van der Waals surface area contributed by atoms with E-state index in [0.717, 1.165) is 19.0 Å². The van der Waals surface area contributed by atoms with Crippen LogP contribution in [0.1, 0.15) is 68.2 Å². The van der Waals surface area contributed by atoms with Crippen LogP contribution in [0.2, 0.25) is 0 Å². The number of nitrogens with one attached hydrogen (secondary N) is 1. The lowest BCUT2D eigenvalue weighted by Gasteiger charge is -2.32. The van der Waals surface area contributed by atoms with Crippen LogP contribution in [0, 0.1) is 5.92 Å². The predicted molar refractivity (Wildman–Crippen MR) is 101 cm³/mol. The molecule has 134 valence electrons. The third kappa shape index (κ3) is 11.4. The second kappa shape index (κ2) is 12.3. The summed E-state index contributed by atoms with van der Waals surface area (Å²) in [5.74, 6) is 0.822. The van der Waals surface area contributed by atoms with Crippen molar-refractivity contribution in [2.45, 2.75) is 86.4 Å². The van der Waals surface area contributed by atoms with Crippen LogP contribution in [-0.2, 0) is 0 Å². The van der Waals surface area contributed by atoms with Gasteiger partial charge >= 0.3 is 0 Å². The molecule has 0 unspecified atom stereocenters. The lowest BCUT2D eigenvalue weighted by Crippen LogP contribution is -2.44. The first-order chi connectivity index (χ1) is 10.2. The zero-order valence-electron chi connectivity index (χ0n) is 16.7. The Kier molecular flexibility index (Phi) is 12.3. The third-order valence-corrected chi connectivity index (χ3v) is 4.31. The van der Waals surface area contributed by atoms with Crippen LogP contribution in [0.4, 0.5) is 0 Å². The van der Waals surface area contributed by atoms with E-state index in [1.165, 1.54) is 32.5 Å². The van der Waals surface area contributed by atoms with Crippen LogP contribution in [0.3, 0.4) is 0 Å². The average molecular weight is 314 g/mol. The molecule has 3 heteroatoms. The quantitative estimate of drug-likeness (QED) is 0.557. The van der Waals surface area contributed by atoms with E-state index in [2.05, 4.69) is 70.5 Å². The number of nitrogens with zero attached hydrogens (tertiary/aromatic N) is 2. The summed E-state index contributed by atoms with van der Waals surface area (Å²) in [4.78, 5) is 5.25. The number of hydrogen-bond acceptors (Lipinski definition) is 3. The van der Waals surface area contributed by atoms with E-state index in [4.69, 9.17) is 0 Å². The highest BCUT2D eigenvalue weighted by atomic mass is 15.2. The highest BCUT2D eigenvalue weighted by Crippen LogP contribution is 2.08. The van der Waals surface area contributed by atoms with Crippen molar-refractivity contribution in [2.24, 2.45) is 5.92 Å². The van der Waals surface area contributed by atoms with Crippen molar-refractivity contribution in [3.63, 3.8) is 0 Å². The van der Waals surface area contributed by atoms with Crippen LogP contribution in [0.15, 0.2) is 0 Å². The fourth-order valence-corrected chi connectivity index (χ4v) is 2.71.